The van der Waals surface area contributed by atoms with Crippen LogP contribution in [0.3, 0.4) is 0 Å². The van der Waals surface area contributed by atoms with Crippen LogP contribution in [-0.4, -0.2) is 48.4 Å². The number of aromatic nitrogens is 6. The van der Waals surface area contributed by atoms with Crippen molar-refractivity contribution in [3.63, 3.8) is 0 Å². The molecule has 2 aliphatic rings. The maximum atomic E-state index is 13.1. The summed E-state index contributed by atoms with van der Waals surface area (Å²) in [5, 5.41) is 14.6. The maximum absolute atomic E-state index is 13.1. The number of carbonyl (C=O) groups excluding carboxylic acids is 2. The molecule has 45 heavy (non-hydrogen) atoms. The zero-order valence-electron chi connectivity index (χ0n) is 26.0. The Balaban J connectivity index is 1.21. The van der Waals surface area contributed by atoms with Crippen LogP contribution in [0.15, 0.2) is 54.6 Å². The van der Waals surface area contributed by atoms with E-state index in [-0.39, 0.29) is 11.9 Å². The van der Waals surface area contributed by atoms with E-state index in [1.165, 1.54) is 0 Å². The Hall–Kier alpha value is -4.60. The minimum atomic E-state index is -0.936. The van der Waals surface area contributed by atoms with Gasteiger partial charge in [0.25, 0.3) is 0 Å². The Morgan fingerprint density at radius 3 is 2.47 bits per heavy atom. The molecule has 10 heteroatoms. The second-order valence-electron chi connectivity index (χ2n) is 11.9. The van der Waals surface area contributed by atoms with Gasteiger partial charge < -0.3 is 14.0 Å². The molecular weight excluding hydrogens is 568 g/mol. The van der Waals surface area contributed by atoms with Gasteiger partial charge >= 0.3 is 11.9 Å². The van der Waals surface area contributed by atoms with Crippen LogP contribution in [-0.2, 0) is 38.4 Å². The number of nitrogens with one attached hydrogen (secondary N) is 1. The second-order valence-corrected chi connectivity index (χ2v) is 11.9. The first-order chi connectivity index (χ1) is 22.0. The van der Waals surface area contributed by atoms with E-state index in [4.69, 9.17) is 14.5 Å². The number of allylic oxidation sites excluding steroid dienone is 1. The number of aromatic amines is 1. The average molecular weight is 609 g/mol. The zero-order chi connectivity index (χ0) is 31.2. The number of imidazole rings is 1. The SMILES string of the molecule is CCc1nc2c(n1Cc1ccc(-c3ccccc3-c3nn[nH]n3)cc1)C(=CC(=O)OC(C)OC(=O)C1CCCCC1)CCCC2. The standard InChI is InChI=1S/C35H40N6O4/c1-3-31-36-30-16-10-7-13-27(21-32(42)44-23(2)45-35(43)26-11-5-4-6-12-26)33(30)41(31)22-24-17-19-25(20-18-24)28-14-8-9-15-29(28)34-37-39-40-38-34/h8-9,14-15,17-21,23,26H,3-7,10-13,16,22H2,1-2H3,(H,37,38,39,40). The van der Waals surface area contributed by atoms with Gasteiger partial charge in [0.2, 0.25) is 12.1 Å². The van der Waals surface area contributed by atoms with Crippen molar-refractivity contribution in [2.45, 2.75) is 90.9 Å². The Labute approximate surface area is 263 Å². The van der Waals surface area contributed by atoms with E-state index in [2.05, 4.69) is 62.4 Å². The minimum Gasteiger partial charge on any atom is -0.425 e. The average Bonchev–Trinajstić information content (AvgIpc) is 3.67. The van der Waals surface area contributed by atoms with Crippen LogP contribution in [0.2, 0.25) is 0 Å². The number of ether oxygens (including phenoxy) is 2. The number of tetrazole rings is 1. The van der Waals surface area contributed by atoms with Gasteiger partial charge in [0, 0.05) is 31.5 Å². The van der Waals surface area contributed by atoms with Crippen LogP contribution in [0.25, 0.3) is 28.1 Å². The van der Waals surface area contributed by atoms with E-state index in [0.29, 0.717) is 12.4 Å². The molecule has 0 bridgehead atoms. The predicted octanol–water partition coefficient (Wildman–Crippen LogP) is 6.46. The lowest BCUT2D eigenvalue weighted by Crippen LogP contribution is -2.27. The van der Waals surface area contributed by atoms with Crippen molar-refractivity contribution in [2.24, 2.45) is 5.92 Å². The molecule has 6 rings (SSSR count). The van der Waals surface area contributed by atoms with Crippen molar-refractivity contribution in [3.05, 3.63) is 77.4 Å². The number of carbonyl (C=O) groups is 2. The molecule has 4 aromatic rings. The molecule has 2 aromatic heterocycles. The number of esters is 2. The van der Waals surface area contributed by atoms with Crippen LogP contribution >= 0.6 is 0 Å². The van der Waals surface area contributed by atoms with Crippen LogP contribution in [0.4, 0.5) is 0 Å². The number of rotatable bonds is 9. The van der Waals surface area contributed by atoms with Gasteiger partial charge in [-0.25, -0.2) is 9.78 Å². The van der Waals surface area contributed by atoms with Gasteiger partial charge in [-0.15, -0.1) is 10.2 Å². The number of fused-ring (bicyclic) bond motifs is 1. The van der Waals surface area contributed by atoms with Crippen molar-refractivity contribution in [2.75, 3.05) is 0 Å². The van der Waals surface area contributed by atoms with Gasteiger partial charge in [0.1, 0.15) is 5.82 Å². The number of H-pyrrole nitrogens is 1. The summed E-state index contributed by atoms with van der Waals surface area (Å²) in [4.78, 5) is 30.7. The van der Waals surface area contributed by atoms with Gasteiger partial charge in [0.05, 0.1) is 17.3 Å². The first kappa shape index (κ1) is 30.4. The molecule has 1 unspecified atom stereocenters. The maximum Gasteiger partial charge on any atom is 0.334 e. The van der Waals surface area contributed by atoms with E-state index >= 15 is 0 Å². The van der Waals surface area contributed by atoms with Crippen LogP contribution in [0.1, 0.15) is 88.0 Å². The molecular formula is C35H40N6O4. The number of hydrogen-bond donors (Lipinski definition) is 1. The summed E-state index contributed by atoms with van der Waals surface area (Å²) >= 11 is 0. The monoisotopic (exact) mass is 608 g/mol. The van der Waals surface area contributed by atoms with Gasteiger partial charge in [-0.1, -0.05) is 74.7 Å². The van der Waals surface area contributed by atoms with E-state index in [9.17, 15) is 9.59 Å². The van der Waals surface area contributed by atoms with Gasteiger partial charge in [-0.05, 0) is 66.0 Å². The minimum absolute atomic E-state index is 0.0984. The fourth-order valence-corrected chi connectivity index (χ4v) is 6.53. The normalized spacial score (nSPS) is 17.0. The highest BCUT2D eigenvalue weighted by molar-refractivity contribution is 5.91. The Bertz CT molecular complexity index is 1650. The van der Waals surface area contributed by atoms with Crippen molar-refractivity contribution < 1.29 is 19.1 Å². The lowest BCUT2D eigenvalue weighted by Gasteiger charge is -2.22. The zero-order valence-corrected chi connectivity index (χ0v) is 26.0. The number of benzene rings is 2. The van der Waals surface area contributed by atoms with Crippen molar-refractivity contribution in [1.29, 1.82) is 0 Å². The van der Waals surface area contributed by atoms with Gasteiger partial charge in [-0.2, -0.15) is 5.21 Å². The fourth-order valence-electron chi connectivity index (χ4n) is 6.53. The summed E-state index contributed by atoms with van der Waals surface area (Å²) in [6.07, 6.45) is 9.89. The summed E-state index contributed by atoms with van der Waals surface area (Å²) < 4.78 is 13.3. The molecule has 234 valence electrons. The summed E-state index contributed by atoms with van der Waals surface area (Å²) in [6.45, 7) is 4.34. The third-order valence-electron chi connectivity index (χ3n) is 8.76. The highest BCUT2D eigenvalue weighted by Crippen LogP contribution is 2.33. The molecule has 1 atom stereocenters. The summed E-state index contributed by atoms with van der Waals surface area (Å²) in [7, 11) is 0. The summed E-state index contributed by atoms with van der Waals surface area (Å²) in [5.74, 6) is 0.672. The summed E-state index contributed by atoms with van der Waals surface area (Å²) in [5.41, 5.74) is 7.05. The molecule has 0 spiro atoms. The Morgan fingerprint density at radius 1 is 0.978 bits per heavy atom. The topological polar surface area (TPSA) is 125 Å². The molecule has 2 aromatic carbocycles. The second kappa shape index (κ2) is 14.0. The van der Waals surface area contributed by atoms with E-state index in [1.54, 1.807) is 13.0 Å². The van der Waals surface area contributed by atoms with Crippen molar-refractivity contribution in [3.8, 4) is 22.5 Å². The van der Waals surface area contributed by atoms with Crippen molar-refractivity contribution in [1.82, 2.24) is 30.2 Å². The fraction of sp³-hybridized carbons (Fsp3) is 0.429. The summed E-state index contributed by atoms with van der Waals surface area (Å²) in [6, 6.07) is 16.5. The number of nitrogens with zero attached hydrogens (tertiary/aromatic N) is 5. The van der Waals surface area contributed by atoms with Crippen LogP contribution < -0.4 is 0 Å². The molecule has 1 fully saturated rings. The smallest absolute Gasteiger partial charge is 0.334 e. The van der Waals surface area contributed by atoms with Gasteiger partial charge in [0.15, 0.2) is 0 Å². The predicted molar refractivity (Wildman–Crippen MR) is 170 cm³/mol. The van der Waals surface area contributed by atoms with E-state index in [0.717, 1.165) is 109 Å². The van der Waals surface area contributed by atoms with E-state index < -0.39 is 12.3 Å². The molecule has 0 saturated heterocycles. The molecule has 2 heterocycles. The van der Waals surface area contributed by atoms with Gasteiger partial charge in [-0.3, -0.25) is 4.79 Å². The molecule has 2 aliphatic carbocycles. The Morgan fingerprint density at radius 2 is 1.73 bits per heavy atom. The number of aryl methyl sites for hydroxylation is 2. The highest BCUT2D eigenvalue weighted by atomic mass is 16.7. The quantitative estimate of drug-likeness (QED) is 0.0993. The van der Waals surface area contributed by atoms with E-state index in [1.807, 2.05) is 18.2 Å². The third kappa shape index (κ3) is 7.05. The molecule has 1 saturated carbocycles. The molecule has 0 amide bonds. The number of hydrogen-bond acceptors (Lipinski definition) is 8. The van der Waals surface area contributed by atoms with Crippen LogP contribution in [0.5, 0.6) is 0 Å². The third-order valence-corrected chi connectivity index (χ3v) is 8.76. The van der Waals surface area contributed by atoms with Crippen molar-refractivity contribution >= 4 is 17.5 Å². The Kier molecular flexibility index (Phi) is 9.47. The molecule has 1 N–H and O–H groups in total. The largest absolute Gasteiger partial charge is 0.425 e. The first-order valence-corrected chi connectivity index (χ1v) is 16.1. The first-order valence-electron chi connectivity index (χ1n) is 16.1. The van der Waals surface area contributed by atoms with Crippen LogP contribution in [0, 0.1) is 5.92 Å². The lowest BCUT2D eigenvalue weighted by molar-refractivity contribution is -0.185. The molecule has 10 nitrogen and oxygen atoms in total. The molecule has 0 radical (unpaired) electrons. The molecule has 0 aliphatic heterocycles. The lowest BCUT2D eigenvalue weighted by atomic mass is 9.89. The highest BCUT2D eigenvalue weighted by Gasteiger charge is 2.26.